The number of amides is 1. The molecule has 0 bridgehead atoms. The van der Waals surface area contributed by atoms with E-state index < -0.39 is 9.84 Å². The van der Waals surface area contributed by atoms with Crippen LogP contribution in [0.2, 0.25) is 0 Å². The molecule has 1 saturated heterocycles. The van der Waals surface area contributed by atoms with Crippen molar-refractivity contribution in [1.29, 1.82) is 0 Å². The molecule has 0 aromatic heterocycles. The minimum absolute atomic E-state index is 0.0106. The summed E-state index contributed by atoms with van der Waals surface area (Å²) in [5.41, 5.74) is 0.860. The van der Waals surface area contributed by atoms with Crippen LogP contribution in [0, 0.1) is 0 Å². The lowest BCUT2D eigenvalue weighted by Gasteiger charge is -2.28. The van der Waals surface area contributed by atoms with Crippen LogP contribution in [0.3, 0.4) is 0 Å². The van der Waals surface area contributed by atoms with Crippen LogP contribution in [0.25, 0.3) is 0 Å². The maximum absolute atomic E-state index is 12.9. The molecule has 1 heterocycles. The van der Waals surface area contributed by atoms with Crippen molar-refractivity contribution in [3.8, 4) is 17.2 Å². The zero-order valence-electron chi connectivity index (χ0n) is 16.1. The number of carbonyl (C=O) groups excluding carboxylic acids is 1. The molecule has 150 valence electrons. The molecular formula is C19H27NO6S. The standard InChI is InChI=1S/C19H27NO6S/c1-24-16-8-4-13(18(25-2)19(16)26-3)5-9-17(21)20(14-6-7-14)15-10-11-27(22,23)12-15/h4,8,14-15H,5-7,9-12H2,1-3H3. The summed E-state index contributed by atoms with van der Waals surface area (Å²) in [6.45, 7) is 0. The first kappa shape index (κ1) is 19.8. The molecule has 1 aliphatic heterocycles. The first-order valence-corrected chi connectivity index (χ1v) is 11.0. The van der Waals surface area contributed by atoms with Gasteiger partial charge in [0.1, 0.15) is 0 Å². The summed E-state index contributed by atoms with van der Waals surface area (Å²) in [5, 5.41) is 0. The summed E-state index contributed by atoms with van der Waals surface area (Å²) >= 11 is 0. The van der Waals surface area contributed by atoms with E-state index in [9.17, 15) is 13.2 Å². The number of hydrogen-bond acceptors (Lipinski definition) is 6. The van der Waals surface area contributed by atoms with E-state index >= 15 is 0 Å². The Morgan fingerprint density at radius 1 is 1.04 bits per heavy atom. The lowest BCUT2D eigenvalue weighted by molar-refractivity contribution is -0.133. The van der Waals surface area contributed by atoms with Crippen LogP contribution >= 0.6 is 0 Å². The minimum Gasteiger partial charge on any atom is -0.493 e. The van der Waals surface area contributed by atoms with E-state index in [1.165, 1.54) is 0 Å². The van der Waals surface area contributed by atoms with Crippen LogP contribution in [-0.2, 0) is 21.1 Å². The Morgan fingerprint density at radius 2 is 1.74 bits per heavy atom. The van der Waals surface area contributed by atoms with Gasteiger partial charge < -0.3 is 19.1 Å². The van der Waals surface area contributed by atoms with Gasteiger partial charge in [-0.25, -0.2) is 8.42 Å². The fraction of sp³-hybridized carbons (Fsp3) is 0.632. The van der Waals surface area contributed by atoms with Gasteiger partial charge in [0.25, 0.3) is 0 Å². The second kappa shape index (κ2) is 7.96. The summed E-state index contributed by atoms with van der Waals surface area (Å²) < 4.78 is 39.8. The third-order valence-corrected chi connectivity index (χ3v) is 6.97. The van der Waals surface area contributed by atoms with Gasteiger partial charge in [-0.3, -0.25) is 4.79 Å². The number of nitrogens with zero attached hydrogens (tertiary/aromatic N) is 1. The predicted octanol–water partition coefficient (Wildman–Crippen LogP) is 1.82. The molecule has 1 aliphatic carbocycles. The summed E-state index contributed by atoms with van der Waals surface area (Å²) in [4.78, 5) is 14.7. The summed E-state index contributed by atoms with van der Waals surface area (Å²) in [5.74, 6) is 1.92. The van der Waals surface area contributed by atoms with E-state index in [0.29, 0.717) is 36.5 Å². The van der Waals surface area contributed by atoms with E-state index in [-0.39, 0.29) is 29.5 Å². The number of benzene rings is 1. The van der Waals surface area contributed by atoms with Crippen molar-refractivity contribution < 1.29 is 27.4 Å². The molecule has 2 aliphatic rings. The van der Waals surface area contributed by atoms with E-state index in [2.05, 4.69) is 0 Å². The van der Waals surface area contributed by atoms with Gasteiger partial charge >= 0.3 is 0 Å². The van der Waals surface area contributed by atoms with Crippen molar-refractivity contribution in [3.05, 3.63) is 17.7 Å². The Labute approximate surface area is 160 Å². The van der Waals surface area contributed by atoms with Crippen LogP contribution in [0.5, 0.6) is 17.2 Å². The van der Waals surface area contributed by atoms with E-state index in [4.69, 9.17) is 14.2 Å². The molecule has 0 radical (unpaired) electrons. The van der Waals surface area contributed by atoms with Crippen molar-refractivity contribution in [3.63, 3.8) is 0 Å². The van der Waals surface area contributed by atoms with Crippen molar-refractivity contribution in [2.75, 3.05) is 32.8 Å². The zero-order chi connectivity index (χ0) is 19.6. The second-order valence-corrected chi connectivity index (χ2v) is 9.31. The molecule has 2 fully saturated rings. The van der Waals surface area contributed by atoms with E-state index in [1.807, 2.05) is 11.0 Å². The quantitative estimate of drug-likeness (QED) is 0.666. The largest absolute Gasteiger partial charge is 0.493 e. The highest BCUT2D eigenvalue weighted by molar-refractivity contribution is 7.91. The average molecular weight is 397 g/mol. The summed E-state index contributed by atoms with van der Waals surface area (Å²) in [6.07, 6.45) is 3.26. The number of aryl methyl sites for hydroxylation is 1. The Morgan fingerprint density at radius 3 is 2.26 bits per heavy atom. The van der Waals surface area contributed by atoms with E-state index in [1.54, 1.807) is 27.4 Å². The number of rotatable bonds is 8. The van der Waals surface area contributed by atoms with Crippen molar-refractivity contribution >= 4 is 15.7 Å². The predicted molar refractivity (Wildman–Crippen MR) is 101 cm³/mol. The molecule has 7 nitrogen and oxygen atoms in total. The van der Waals surface area contributed by atoms with Crippen LogP contribution in [0.15, 0.2) is 12.1 Å². The molecule has 3 rings (SSSR count). The van der Waals surface area contributed by atoms with Gasteiger partial charge in [-0.2, -0.15) is 0 Å². The SMILES string of the molecule is COc1ccc(CCC(=O)N(C2CC2)C2CCS(=O)(=O)C2)c(OC)c1OC. The third kappa shape index (κ3) is 4.31. The van der Waals surface area contributed by atoms with Gasteiger partial charge in [0.05, 0.1) is 32.8 Å². The molecule has 1 aromatic rings. The minimum atomic E-state index is -3.02. The fourth-order valence-electron chi connectivity index (χ4n) is 3.78. The van der Waals surface area contributed by atoms with Gasteiger partial charge in [-0.15, -0.1) is 0 Å². The monoisotopic (exact) mass is 397 g/mol. The van der Waals surface area contributed by atoms with Gasteiger partial charge in [0.2, 0.25) is 11.7 Å². The number of methoxy groups -OCH3 is 3. The summed E-state index contributed by atoms with van der Waals surface area (Å²) in [6, 6.07) is 3.68. The Balaban J connectivity index is 1.73. The number of hydrogen-bond donors (Lipinski definition) is 0. The topological polar surface area (TPSA) is 82.1 Å². The number of ether oxygens (including phenoxy) is 3. The molecule has 1 amide bonds. The highest BCUT2D eigenvalue weighted by Crippen LogP contribution is 2.40. The molecule has 1 unspecified atom stereocenters. The first-order valence-electron chi connectivity index (χ1n) is 9.19. The van der Waals surface area contributed by atoms with E-state index in [0.717, 1.165) is 18.4 Å². The molecule has 0 N–H and O–H groups in total. The van der Waals surface area contributed by atoms with Gasteiger partial charge in [0.15, 0.2) is 21.3 Å². The molecule has 1 saturated carbocycles. The molecule has 1 aromatic carbocycles. The Bertz CT molecular complexity index is 803. The average Bonchev–Trinajstić information content (AvgIpc) is 3.41. The van der Waals surface area contributed by atoms with Crippen molar-refractivity contribution in [1.82, 2.24) is 4.90 Å². The van der Waals surface area contributed by atoms with Crippen molar-refractivity contribution in [2.45, 2.75) is 44.2 Å². The third-order valence-electron chi connectivity index (χ3n) is 5.22. The van der Waals surface area contributed by atoms with Gasteiger partial charge in [-0.1, -0.05) is 6.07 Å². The molecule has 8 heteroatoms. The first-order chi connectivity index (χ1) is 12.9. The maximum atomic E-state index is 12.9. The maximum Gasteiger partial charge on any atom is 0.223 e. The van der Waals surface area contributed by atoms with Crippen molar-refractivity contribution in [2.24, 2.45) is 0 Å². The zero-order valence-corrected chi connectivity index (χ0v) is 16.9. The van der Waals surface area contributed by atoms with Crippen LogP contribution < -0.4 is 14.2 Å². The lowest BCUT2D eigenvalue weighted by Crippen LogP contribution is -2.42. The fourth-order valence-corrected chi connectivity index (χ4v) is 5.50. The van der Waals surface area contributed by atoms with Crippen LogP contribution in [-0.4, -0.2) is 64.1 Å². The summed E-state index contributed by atoms with van der Waals surface area (Å²) in [7, 11) is 1.64. The molecule has 27 heavy (non-hydrogen) atoms. The number of sulfone groups is 1. The highest BCUT2D eigenvalue weighted by Gasteiger charge is 2.41. The lowest BCUT2D eigenvalue weighted by atomic mass is 10.1. The second-order valence-electron chi connectivity index (χ2n) is 7.08. The molecule has 1 atom stereocenters. The molecule has 0 spiro atoms. The van der Waals surface area contributed by atoms with Crippen LogP contribution in [0.4, 0.5) is 0 Å². The van der Waals surface area contributed by atoms with Gasteiger partial charge in [-0.05, 0) is 37.3 Å². The molecular weight excluding hydrogens is 370 g/mol. The number of carbonyl (C=O) groups is 1. The normalized spacial score (nSPS) is 20.9. The Hall–Kier alpha value is -1.96. The Kier molecular flexibility index (Phi) is 5.83. The van der Waals surface area contributed by atoms with Crippen LogP contribution in [0.1, 0.15) is 31.2 Å². The smallest absolute Gasteiger partial charge is 0.223 e. The highest BCUT2D eigenvalue weighted by atomic mass is 32.2. The van der Waals surface area contributed by atoms with Gasteiger partial charge in [0, 0.05) is 18.5 Å².